The minimum Gasteiger partial charge on any atom is -0.459 e. The third-order valence-corrected chi connectivity index (χ3v) is 4.99. The second-order valence-corrected chi connectivity index (χ2v) is 8.18. The highest BCUT2D eigenvalue weighted by Crippen LogP contribution is 2.49. The summed E-state index contributed by atoms with van der Waals surface area (Å²) in [4.78, 5) is 30.6. The van der Waals surface area contributed by atoms with Gasteiger partial charge in [0.15, 0.2) is 0 Å². The van der Waals surface area contributed by atoms with Gasteiger partial charge in [0.1, 0.15) is 11.4 Å². The number of ether oxygens (including phenoxy) is 1. The molecule has 1 saturated carbocycles. The Bertz CT molecular complexity index is 659. The number of amides is 1. The van der Waals surface area contributed by atoms with Gasteiger partial charge in [-0.25, -0.2) is 4.98 Å². The van der Waals surface area contributed by atoms with E-state index < -0.39 is 11.0 Å². The molecule has 2 fully saturated rings. The van der Waals surface area contributed by atoms with Gasteiger partial charge in [0.25, 0.3) is 0 Å². The van der Waals surface area contributed by atoms with E-state index in [1.54, 1.807) is 6.20 Å². The van der Waals surface area contributed by atoms with Crippen LogP contribution in [0.25, 0.3) is 0 Å². The summed E-state index contributed by atoms with van der Waals surface area (Å²) in [7, 11) is 0. The van der Waals surface area contributed by atoms with E-state index in [1.807, 2.05) is 32.9 Å². The van der Waals surface area contributed by atoms with E-state index in [0.717, 1.165) is 43.6 Å². The van der Waals surface area contributed by atoms with Crippen LogP contribution in [0.1, 0.15) is 52.0 Å². The largest absolute Gasteiger partial charge is 0.459 e. The van der Waals surface area contributed by atoms with E-state index in [1.165, 1.54) is 0 Å². The van der Waals surface area contributed by atoms with Crippen molar-refractivity contribution in [1.29, 1.82) is 0 Å². The Morgan fingerprint density at radius 2 is 2.04 bits per heavy atom. The zero-order chi connectivity index (χ0) is 18.2. The van der Waals surface area contributed by atoms with Gasteiger partial charge in [-0.05, 0) is 58.1 Å². The van der Waals surface area contributed by atoms with E-state index in [0.29, 0.717) is 6.54 Å². The van der Waals surface area contributed by atoms with Crippen LogP contribution >= 0.6 is 0 Å². The summed E-state index contributed by atoms with van der Waals surface area (Å²) in [5.41, 5.74) is 5.33. The topological polar surface area (TPSA) is 85.5 Å². The molecule has 136 valence electrons. The summed E-state index contributed by atoms with van der Waals surface area (Å²) in [6, 6.07) is 3.90. The minimum atomic E-state index is -0.531. The molecule has 3 rings (SSSR count). The van der Waals surface area contributed by atoms with Gasteiger partial charge in [-0.1, -0.05) is 6.07 Å². The van der Waals surface area contributed by atoms with Gasteiger partial charge in [-0.15, -0.1) is 0 Å². The van der Waals surface area contributed by atoms with Gasteiger partial charge in [0, 0.05) is 19.3 Å². The number of rotatable bonds is 4. The highest BCUT2D eigenvalue weighted by Gasteiger charge is 2.54. The zero-order valence-corrected chi connectivity index (χ0v) is 15.2. The second kappa shape index (κ2) is 6.32. The number of hydrogen-bond donors (Lipinski definition) is 1. The van der Waals surface area contributed by atoms with Gasteiger partial charge in [-0.2, -0.15) is 0 Å². The smallest absolute Gasteiger partial charge is 0.317 e. The lowest BCUT2D eigenvalue weighted by Gasteiger charge is -2.32. The van der Waals surface area contributed by atoms with Crippen LogP contribution in [0.15, 0.2) is 18.3 Å². The van der Waals surface area contributed by atoms with Crippen LogP contribution in [0.2, 0.25) is 0 Å². The molecular weight excluding hydrogens is 318 g/mol. The van der Waals surface area contributed by atoms with Crippen LogP contribution < -0.4 is 10.6 Å². The molecule has 1 amide bonds. The lowest BCUT2D eigenvalue weighted by Crippen LogP contribution is -2.41. The molecule has 1 aromatic rings. The van der Waals surface area contributed by atoms with E-state index in [-0.39, 0.29) is 17.8 Å². The van der Waals surface area contributed by atoms with Crippen molar-refractivity contribution in [3.8, 4) is 0 Å². The highest BCUT2D eigenvalue weighted by molar-refractivity contribution is 5.87. The first-order valence-electron chi connectivity index (χ1n) is 8.95. The first-order valence-corrected chi connectivity index (χ1v) is 8.95. The van der Waals surface area contributed by atoms with Crippen LogP contribution in [0.5, 0.6) is 0 Å². The number of esters is 1. The van der Waals surface area contributed by atoms with E-state index >= 15 is 0 Å². The maximum atomic E-state index is 12.5. The van der Waals surface area contributed by atoms with E-state index in [2.05, 4.69) is 9.88 Å². The van der Waals surface area contributed by atoms with Crippen molar-refractivity contribution in [3.05, 3.63) is 23.9 Å². The SMILES string of the molecule is CC(C)(C)OC(=O)C1(c2ccc(N3CCCC(C(N)=O)C3)nc2)CC1. The lowest BCUT2D eigenvalue weighted by molar-refractivity contribution is -0.158. The number of primary amides is 1. The Labute approximate surface area is 148 Å². The average molecular weight is 345 g/mol. The van der Waals surface area contributed by atoms with Crippen molar-refractivity contribution >= 4 is 17.7 Å². The first-order chi connectivity index (χ1) is 11.7. The summed E-state index contributed by atoms with van der Waals surface area (Å²) in [6.07, 6.45) is 5.15. The van der Waals surface area contributed by atoms with Crippen molar-refractivity contribution < 1.29 is 14.3 Å². The van der Waals surface area contributed by atoms with Gasteiger partial charge in [0.2, 0.25) is 5.91 Å². The minimum absolute atomic E-state index is 0.119. The molecule has 2 aliphatic rings. The Morgan fingerprint density at radius 1 is 1.32 bits per heavy atom. The fraction of sp³-hybridized carbons (Fsp3) is 0.632. The number of aromatic nitrogens is 1. The maximum Gasteiger partial charge on any atom is 0.317 e. The third kappa shape index (κ3) is 3.78. The van der Waals surface area contributed by atoms with Gasteiger partial charge in [0.05, 0.1) is 11.3 Å². The first kappa shape index (κ1) is 17.7. The number of pyridine rings is 1. The molecule has 1 unspecified atom stereocenters. The molecule has 1 aliphatic carbocycles. The maximum absolute atomic E-state index is 12.5. The number of carbonyl (C=O) groups excluding carboxylic acids is 2. The molecule has 1 saturated heterocycles. The molecule has 1 aromatic heterocycles. The Morgan fingerprint density at radius 3 is 2.56 bits per heavy atom. The molecule has 0 aromatic carbocycles. The molecule has 6 nitrogen and oxygen atoms in total. The standard InChI is InChI=1S/C19H27N3O3/c1-18(2,3)25-17(24)19(8-9-19)14-6-7-15(21-11-14)22-10-4-5-13(12-22)16(20)23/h6-7,11,13H,4-5,8-10,12H2,1-3H3,(H2,20,23). The number of anilines is 1. The predicted octanol–water partition coefficient (Wildman–Crippen LogP) is 2.16. The summed E-state index contributed by atoms with van der Waals surface area (Å²) < 4.78 is 5.58. The van der Waals surface area contributed by atoms with Crippen LogP contribution in [-0.4, -0.2) is 35.6 Å². The van der Waals surface area contributed by atoms with Crippen molar-refractivity contribution in [2.75, 3.05) is 18.0 Å². The third-order valence-electron chi connectivity index (χ3n) is 4.99. The number of nitrogens with two attached hydrogens (primary N) is 1. The molecule has 2 N–H and O–H groups in total. The number of carbonyl (C=O) groups is 2. The highest BCUT2D eigenvalue weighted by atomic mass is 16.6. The molecule has 1 atom stereocenters. The predicted molar refractivity (Wildman–Crippen MR) is 95.1 cm³/mol. The number of nitrogens with zero attached hydrogens (tertiary/aromatic N) is 2. The Balaban J connectivity index is 1.72. The van der Waals surface area contributed by atoms with Crippen LogP contribution in [0.3, 0.4) is 0 Å². The molecule has 0 bridgehead atoms. The van der Waals surface area contributed by atoms with Crippen molar-refractivity contribution in [3.63, 3.8) is 0 Å². The molecule has 1 aliphatic heterocycles. The van der Waals surface area contributed by atoms with Crippen molar-refractivity contribution in [2.24, 2.45) is 11.7 Å². The van der Waals surface area contributed by atoms with Crippen LogP contribution in [-0.2, 0) is 19.7 Å². The van der Waals surface area contributed by atoms with Gasteiger partial charge < -0.3 is 15.4 Å². The summed E-state index contributed by atoms with van der Waals surface area (Å²) in [5, 5.41) is 0. The van der Waals surface area contributed by atoms with E-state index in [4.69, 9.17) is 10.5 Å². The van der Waals surface area contributed by atoms with Crippen molar-refractivity contribution in [1.82, 2.24) is 4.98 Å². The molecule has 0 spiro atoms. The summed E-state index contributed by atoms with van der Waals surface area (Å²) in [6.45, 7) is 7.13. The summed E-state index contributed by atoms with van der Waals surface area (Å²) >= 11 is 0. The summed E-state index contributed by atoms with van der Waals surface area (Å²) in [5.74, 6) is 0.297. The molecule has 0 radical (unpaired) electrons. The van der Waals surface area contributed by atoms with Crippen LogP contribution in [0, 0.1) is 5.92 Å². The second-order valence-electron chi connectivity index (χ2n) is 8.18. The fourth-order valence-electron chi connectivity index (χ4n) is 3.39. The number of piperidine rings is 1. The quantitative estimate of drug-likeness (QED) is 0.845. The molecule has 25 heavy (non-hydrogen) atoms. The zero-order valence-electron chi connectivity index (χ0n) is 15.2. The molecule has 2 heterocycles. The number of hydrogen-bond acceptors (Lipinski definition) is 5. The molecular formula is C19H27N3O3. The monoisotopic (exact) mass is 345 g/mol. The lowest BCUT2D eigenvalue weighted by atomic mass is 9.96. The molecule has 6 heteroatoms. The van der Waals surface area contributed by atoms with E-state index in [9.17, 15) is 9.59 Å². The van der Waals surface area contributed by atoms with Gasteiger partial charge in [-0.3, -0.25) is 9.59 Å². The fourth-order valence-corrected chi connectivity index (χ4v) is 3.39. The Hall–Kier alpha value is -2.11. The van der Waals surface area contributed by atoms with Crippen molar-refractivity contribution in [2.45, 2.75) is 57.5 Å². The average Bonchev–Trinajstić information content (AvgIpc) is 3.35. The van der Waals surface area contributed by atoms with Gasteiger partial charge >= 0.3 is 5.97 Å². The van der Waals surface area contributed by atoms with Crippen LogP contribution in [0.4, 0.5) is 5.82 Å². The Kier molecular flexibility index (Phi) is 4.47. The normalized spacial score (nSPS) is 22.4.